The first-order valence-electron chi connectivity index (χ1n) is 7.88. The molecule has 24 heavy (non-hydrogen) atoms. The number of ether oxygens (including phenoxy) is 1. The van der Waals surface area contributed by atoms with Gasteiger partial charge in [0.15, 0.2) is 5.76 Å². The van der Waals surface area contributed by atoms with E-state index in [1.54, 1.807) is 17.5 Å². The Balaban J connectivity index is 1.58. The third-order valence-corrected chi connectivity index (χ3v) is 5.27. The van der Waals surface area contributed by atoms with Crippen LogP contribution >= 0.6 is 11.3 Å². The molecule has 0 saturated heterocycles. The molecule has 1 unspecified atom stereocenters. The van der Waals surface area contributed by atoms with E-state index in [2.05, 4.69) is 10.3 Å². The van der Waals surface area contributed by atoms with Gasteiger partial charge < -0.3 is 9.26 Å². The molecule has 0 bridgehead atoms. The summed E-state index contributed by atoms with van der Waals surface area (Å²) in [6.45, 7) is 0.540. The van der Waals surface area contributed by atoms with Crippen molar-refractivity contribution in [1.82, 2.24) is 14.9 Å². The first kappa shape index (κ1) is 15.1. The molecule has 0 spiro atoms. The summed E-state index contributed by atoms with van der Waals surface area (Å²) in [5.41, 5.74) is 2.90. The second-order valence-electron chi connectivity index (χ2n) is 5.83. The maximum Gasteiger partial charge on any atom is 0.313 e. The number of hydrogen-bond acceptors (Lipinski definition) is 6. The number of carbonyl (C=O) groups is 1. The van der Waals surface area contributed by atoms with Crippen LogP contribution in [0, 0.1) is 0 Å². The van der Waals surface area contributed by atoms with Gasteiger partial charge in [-0.2, -0.15) is 5.10 Å². The van der Waals surface area contributed by atoms with Crippen LogP contribution in [0.15, 0.2) is 34.3 Å². The van der Waals surface area contributed by atoms with E-state index in [0.717, 1.165) is 46.9 Å². The van der Waals surface area contributed by atoms with Crippen molar-refractivity contribution in [2.75, 3.05) is 7.11 Å². The Labute approximate surface area is 143 Å². The molecule has 7 heteroatoms. The summed E-state index contributed by atoms with van der Waals surface area (Å²) in [6.07, 6.45) is 4.48. The monoisotopic (exact) mass is 343 g/mol. The zero-order valence-corrected chi connectivity index (χ0v) is 14.1. The van der Waals surface area contributed by atoms with Crippen LogP contribution in [0.4, 0.5) is 0 Å². The average molecular weight is 343 g/mol. The van der Waals surface area contributed by atoms with Crippen molar-refractivity contribution >= 4 is 17.3 Å². The smallest absolute Gasteiger partial charge is 0.313 e. The quantitative estimate of drug-likeness (QED) is 0.680. The lowest BCUT2D eigenvalue weighted by Gasteiger charge is -2.20. The highest BCUT2D eigenvalue weighted by Gasteiger charge is 2.30. The van der Waals surface area contributed by atoms with Gasteiger partial charge in [0, 0.05) is 17.3 Å². The maximum absolute atomic E-state index is 11.9. The summed E-state index contributed by atoms with van der Waals surface area (Å²) in [4.78, 5) is 13.0. The molecule has 0 saturated carbocycles. The van der Waals surface area contributed by atoms with Gasteiger partial charge in [-0.05, 0) is 30.7 Å². The minimum Gasteiger partial charge on any atom is -0.469 e. The van der Waals surface area contributed by atoms with Gasteiger partial charge in [-0.3, -0.25) is 9.48 Å². The molecule has 4 rings (SSSR count). The van der Waals surface area contributed by atoms with Gasteiger partial charge in [0.1, 0.15) is 5.69 Å². The Kier molecular flexibility index (Phi) is 3.93. The van der Waals surface area contributed by atoms with E-state index in [0.29, 0.717) is 6.54 Å². The molecule has 0 radical (unpaired) electrons. The molecule has 124 valence electrons. The second kappa shape index (κ2) is 6.24. The largest absolute Gasteiger partial charge is 0.469 e. The fourth-order valence-corrected chi connectivity index (χ4v) is 3.89. The zero-order chi connectivity index (χ0) is 16.5. The first-order valence-corrected chi connectivity index (χ1v) is 8.76. The summed E-state index contributed by atoms with van der Waals surface area (Å²) in [6, 6.07) is 5.94. The Bertz CT molecular complexity index is 850. The maximum atomic E-state index is 11.9. The van der Waals surface area contributed by atoms with Gasteiger partial charge in [-0.25, -0.2) is 0 Å². The van der Waals surface area contributed by atoms with Crippen molar-refractivity contribution in [1.29, 1.82) is 0 Å². The van der Waals surface area contributed by atoms with E-state index < -0.39 is 0 Å². The molecule has 0 N–H and O–H groups in total. The van der Waals surface area contributed by atoms with Gasteiger partial charge >= 0.3 is 5.97 Å². The van der Waals surface area contributed by atoms with Gasteiger partial charge in [0.05, 0.1) is 30.6 Å². The van der Waals surface area contributed by atoms with E-state index in [1.165, 1.54) is 7.11 Å². The Morgan fingerprint density at radius 3 is 3.25 bits per heavy atom. The Morgan fingerprint density at radius 2 is 2.46 bits per heavy atom. The number of nitrogens with zero attached hydrogens (tertiary/aromatic N) is 3. The lowest BCUT2D eigenvalue weighted by atomic mass is 9.87. The average Bonchev–Trinajstić information content (AvgIpc) is 3.35. The van der Waals surface area contributed by atoms with Crippen molar-refractivity contribution in [3.8, 4) is 10.6 Å². The molecule has 0 aromatic carbocycles. The predicted molar refractivity (Wildman–Crippen MR) is 88.8 cm³/mol. The molecule has 0 aliphatic heterocycles. The van der Waals surface area contributed by atoms with Gasteiger partial charge in [-0.15, -0.1) is 11.3 Å². The van der Waals surface area contributed by atoms with Crippen molar-refractivity contribution in [3.05, 3.63) is 46.7 Å². The normalized spacial score (nSPS) is 16.8. The SMILES string of the molecule is COC(=O)C1CCCc2c1cnn2Cc1cc(-c2cccs2)on1. The van der Waals surface area contributed by atoms with E-state index in [1.807, 2.05) is 28.3 Å². The summed E-state index contributed by atoms with van der Waals surface area (Å²) in [7, 11) is 1.43. The number of methoxy groups -OCH3 is 1. The third kappa shape index (κ3) is 2.65. The summed E-state index contributed by atoms with van der Waals surface area (Å²) in [5, 5.41) is 10.6. The van der Waals surface area contributed by atoms with Crippen LogP contribution in [0.1, 0.15) is 35.7 Å². The lowest BCUT2D eigenvalue weighted by molar-refractivity contribution is -0.142. The molecular weight excluding hydrogens is 326 g/mol. The topological polar surface area (TPSA) is 70.2 Å². The third-order valence-electron chi connectivity index (χ3n) is 4.38. The van der Waals surface area contributed by atoms with Crippen molar-refractivity contribution in [2.45, 2.75) is 31.7 Å². The standard InChI is InChI=1S/C17H17N3O3S/c1-22-17(21)12-4-2-5-14-13(12)9-18-20(14)10-11-8-15(23-19-11)16-6-3-7-24-16/h3,6-9,12H,2,4-5,10H2,1H3. The van der Waals surface area contributed by atoms with Crippen LogP contribution in [0.3, 0.4) is 0 Å². The fourth-order valence-electron chi connectivity index (χ4n) is 3.22. The summed E-state index contributed by atoms with van der Waals surface area (Å²) < 4.78 is 12.3. The molecule has 6 nitrogen and oxygen atoms in total. The van der Waals surface area contributed by atoms with Crippen LogP contribution in [-0.4, -0.2) is 28.0 Å². The van der Waals surface area contributed by atoms with Crippen LogP contribution in [0.5, 0.6) is 0 Å². The van der Waals surface area contributed by atoms with E-state index in [-0.39, 0.29) is 11.9 Å². The number of esters is 1. The highest BCUT2D eigenvalue weighted by Crippen LogP contribution is 2.33. The highest BCUT2D eigenvalue weighted by molar-refractivity contribution is 7.13. The molecule has 0 fully saturated rings. The van der Waals surface area contributed by atoms with Crippen molar-refractivity contribution in [3.63, 3.8) is 0 Å². The first-order chi connectivity index (χ1) is 11.8. The molecular formula is C17H17N3O3S. The molecule has 3 aromatic heterocycles. The number of rotatable bonds is 4. The second-order valence-corrected chi connectivity index (χ2v) is 6.78. The van der Waals surface area contributed by atoms with Gasteiger partial charge in [0.25, 0.3) is 0 Å². The number of thiophene rings is 1. The highest BCUT2D eigenvalue weighted by atomic mass is 32.1. The van der Waals surface area contributed by atoms with E-state index in [9.17, 15) is 4.79 Å². The van der Waals surface area contributed by atoms with E-state index in [4.69, 9.17) is 9.26 Å². The molecule has 1 aliphatic rings. The minimum absolute atomic E-state index is 0.183. The van der Waals surface area contributed by atoms with Crippen LogP contribution < -0.4 is 0 Å². The Hall–Kier alpha value is -2.41. The van der Waals surface area contributed by atoms with Crippen LogP contribution in [0.2, 0.25) is 0 Å². The fraction of sp³-hybridized carbons (Fsp3) is 0.353. The molecule has 1 atom stereocenters. The van der Waals surface area contributed by atoms with Gasteiger partial charge in [0.2, 0.25) is 0 Å². The van der Waals surface area contributed by atoms with E-state index >= 15 is 0 Å². The predicted octanol–water partition coefficient (Wildman–Crippen LogP) is 3.24. The number of fused-ring (bicyclic) bond motifs is 1. The van der Waals surface area contributed by atoms with Crippen molar-refractivity contribution in [2.24, 2.45) is 0 Å². The molecule has 3 aromatic rings. The summed E-state index contributed by atoms with van der Waals surface area (Å²) >= 11 is 1.62. The van der Waals surface area contributed by atoms with Crippen LogP contribution in [-0.2, 0) is 22.5 Å². The minimum atomic E-state index is -0.202. The zero-order valence-electron chi connectivity index (χ0n) is 13.3. The molecule has 3 heterocycles. The number of aromatic nitrogens is 3. The lowest BCUT2D eigenvalue weighted by Crippen LogP contribution is -2.20. The van der Waals surface area contributed by atoms with Crippen molar-refractivity contribution < 1.29 is 14.1 Å². The summed E-state index contributed by atoms with van der Waals surface area (Å²) in [5.74, 6) is 0.386. The number of carbonyl (C=O) groups excluding carboxylic acids is 1. The van der Waals surface area contributed by atoms with Crippen LogP contribution in [0.25, 0.3) is 10.6 Å². The molecule has 0 amide bonds. The molecule has 1 aliphatic carbocycles. The Morgan fingerprint density at radius 1 is 1.54 bits per heavy atom. The number of hydrogen-bond donors (Lipinski definition) is 0. The van der Waals surface area contributed by atoms with Gasteiger partial charge in [-0.1, -0.05) is 11.2 Å².